The molecule has 3 aromatic heterocycles. The first-order valence-electron chi connectivity index (χ1n) is 9.37. The summed E-state index contributed by atoms with van der Waals surface area (Å²) in [6, 6.07) is 5.42. The fourth-order valence-corrected chi connectivity index (χ4v) is 3.53. The number of hydrogen-bond acceptors (Lipinski definition) is 6. The summed E-state index contributed by atoms with van der Waals surface area (Å²) in [5.74, 6) is 0.931. The van der Waals surface area contributed by atoms with E-state index in [-0.39, 0.29) is 17.5 Å². The third-order valence-electron chi connectivity index (χ3n) is 5.05. The van der Waals surface area contributed by atoms with Gasteiger partial charge < -0.3 is 20.5 Å². The van der Waals surface area contributed by atoms with Crippen LogP contribution in [0, 0.1) is 0 Å². The second-order valence-electron chi connectivity index (χ2n) is 6.99. The van der Waals surface area contributed by atoms with Crippen LogP contribution < -0.4 is 21.5 Å². The molecule has 4 rings (SSSR count). The van der Waals surface area contributed by atoms with E-state index >= 15 is 0 Å². The Balaban J connectivity index is 1.71. The molecule has 0 spiro atoms. The van der Waals surface area contributed by atoms with Crippen LogP contribution >= 0.6 is 0 Å². The average molecular weight is 381 g/mol. The van der Waals surface area contributed by atoms with E-state index < -0.39 is 0 Å². The molecule has 1 amide bonds. The topological polar surface area (TPSA) is 105 Å². The maximum Gasteiger partial charge on any atom is 0.274 e. The third kappa shape index (κ3) is 3.30. The van der Waals surface area contributed by atoms with Crippen LogP contribution in [0.3, 0.4) is 0 Å². The minimum Gasteiger partial charge on any atom is -0.373 e. The number of anilines is 3. The number of fused-ring (bicyclic) bond motifs is 1. The fraction of sp³-hybridized carbons (Fsp3) is 0.368. The van der Waals surface area contributed by atoms with Crippen molar-refractivity contribution in [3.05, 3.63) is 46.5 Å². The van der Waals surface area contributed by atoms with E-state index in [9.17, 15) is 9.59 Å². The molecule has 0 aromatic carbocycles. The lowest BCUT2D eigenvalue weighted by Gasteiger charge is -2.12. The van der Waals surface area contributed by atoms with Gasteiger partial charge in [0.15, 0.2) is 5.65 Å². The fourth-order valence-electron chi connectivity index (χ4n) is 3.53. The van der Waals surface area contributed by atoms with Crippen LogP contribution in [-0.2, 0) is 7.05 Å². The van der Waals surface area contributed by atoms with Crippen molar-refractivity contribution in [3.8, 4) is 0 Å². The summed E-state index contributed by atoms with van der Waals surface area (Å²) in [5, 5.41) is 13.5. The Hall–Kier alpha value is -3.36. The number of aryl methyl sites for hydroxylation is 1. The zero-order valence-electron chi connectivity index (χ0n) is 15.9. The SMILES string of the molecule is CNc1cc(Nc2cccn(C)c2=O)nc2c(C(=O)NC3CCCC3)cnn12. The van der Waals surface area contributed by atoms with Crippen LogP contribution in [-0.4, -0.2) is 38.2 Å². The first kappa shape index (κ1) is 18.0. The van der Waals surface area contributed by atoms with Crippen LogP contribution in [0.15, 0.2) is 35.4 Å². The van der Waals surface area contributed by atoms with Gasteiger partial charge in [0.25, 0.3) is 11.5 Å². The Morgan fingerprint density at radius 2 is 2.07 bits per heavy atom. The summed E-state index contributed by atoms with van der Waals surface area (Å²) in [5.41, 5.74) is 1.08. The van der Waals surface area contributed by atoms with Crippen LogP contribution in [0.2, 0.25) is 0 Å². The number of amides is 1. The van der Waals surface area contributed by atoms with Crippen LogP contribution in [0.4, 0.5) is 17.3 Å². The second kappa shape index (κ2) is 7.34. The molecule has 1 aliphatic carbocycles. The predicted octanol–water partition coefficient (Wildman–Crippen LogP) is 1.89. The number of rotatable bonds is 5. The molecular weight excluding hydrogens is 358 g/mol. The Bertz CT molecular complexity index is 1080. The normalized spacial score (nSPS) is 14.4. The van der Waals surface area contributed by atoms with Crippen molar-refractivity contribution in [3.63, 3.8) is 0 Å². The first-order valence-corrected chi connectivity index (χ1v) is 9.37. The first-order chi connectivity index (χ1) is 13.6. The van der Waals surface area contributed by atoms with Crippen molar-refractivity contribution >= 4 is 28.9 Å². The highest BCUT2D eigenvalue weighted by atomic mass is 16.2. The number of nitrogens with one attached hydrogen (secondary N) is 3. The van der Waals surface area contributed by atoms with E-state index in [1.807, 2.05) is 0 Å². The van der Waals surface area contributed by atoms with E-state index in [1.165, 1.54) is 10.8 Å². The Labute approximate surface area is 161 Å². The molecule has 3 heterocycles. The van der Waals surface area contributed by atoms with Crippen LogP contribution in [0.5, 0.6) is 0 Å². The number of hydrogen-bond donors (Lipinski definition) is 3. The van der Waals surface area contributed by atoms with E-state index in [0.717, 1.165) is 25.7 Å². The van der Waals surface area contributed by atoms with Crippen molar-refractivity contribution in [2.75, 3.05) is 17.7 Å². The van der Waals surface area contributed by atoms with Crippen molar-refractivity contribution < 1.29 is 4.79 Å². The lowest BCUT2D eigenvalue weighted by Crippen LogP contribution is -2.32. The highest BCUT2D eigenvalue weighted by molar-refractivity contribution is 6.00. The van der Waals surface area contributed by atoms with Crippen molar-refractivity contribution in [1.29, 1.82) is 0 Å². The van der Waals surface area contributed by atoms with Crippen LogP contribution in [0.25, 0.3) is 5.65 Å². The zero-order valence-corrected chi connectivity index (χ0v) is 15.9. The molecule has 3 N–H and O–H groups in total. The van der Waals surface area contributed by atoms with Crippen molar-refractivity contribution in [2.45, 2.75) is 31.7 Å². The molecule has 146 valence electrons. The van der Waals surface area contributed by atoms with Gasteiger partial charge in [0.1, 0.15) is 22.9 Å². The smallest absolute Gasteiger partial charge is 0.274 e. The highest BCUT2D eigenvalue weighted by Gasteiger charge is 2.22. The minimum atomic E-state index is -0.177. The Morgan fingerprint density at radius 3 is 2.82 bits per heavy atom. The molecule has 1 saturated carbocycles. The molecule has 9 nitrogen and oxygen atoms in total. The van der Waals surface area contributed by atoms with Crippen molar-refractivity contribution in [2.24, 2.45) is 7.05 Å². The molecule has 0 bridgehead atoms. The summed E-state index contributed by atoms with van der Waals surface area (Å²) < 4.78 is 3.07. The molecule has 0 unspecified atom stereocenters. The molecule has 1 aliphatic rings. The molecule has 28 heavy (non-hydrogen) atoms. The average Bonchev–Trinajstić information content (AvgIpc) is 3.34. The molecule has 0 saturated heterocycles. The number of aromatic nitrogens is 4. The highest BCUT2D eigenvalue weighted by Crippen LogP contribution is 2.22. The number of nitrogens with zero attached hydrogens (tertiary/aromatic N) is 4. The largest absolute Gasteiger partial charge is 0.373 e. The van der Waals surface area contributed by atoms with Gasteiger partial charge in [-0.2, -0.15) is 9.61 Å². The summed E-state index contributed by atoms with van der Waals surface area (Å²) in [7, 11) is 3.45. The third-order valence-corrected chi connectivity index (χ3v) is 5.05. The standard InChI is InChI=1S/C19H23N7O2/c1-20-16-10-15(23-14-8-5-9-25(2)19(14)28)24-17-13(11-21-26(16)17)18(27)22-12-6-3-4-7-12/h5,8-12,20H,3-4,6-7H2,1-2H3,(H,22,27)(H,23,24). The van der Waals surface area contributed by atoms with E-state index in [4.69, 9.17) is 0 Å². The second-order valence-corrected chi connectivity index (χ2v) is 6.99. The monoisotopic (exact) mass is 381 g/mol. The van der Waals surface area contributed by atoms with Gasteiger partial charge in [0, 0.05) is 32.4 Å². The van der Waals surface area contributed by atoms with Gasteiger partial charge >= 0.3 is 0 Å². The van der Waals surface area contributed by atoms with E-state index in [0.29, 0.717) is 28.5 Å². The maximum absolute atomic E-state index is 12.7. The summed E-state index contributed by atoms with van der Waals surface area (Å²) in [4.78, 5) is 29.6. The van der Waals surface area contributed by atoms with Gasteiger partial charge in [0.2, 0.25) is 0 Å². The molecular formula is C19H23N7O2. The molecule has 0 aliphatic heterocycles. The lowest BCUT2D eigenvalue weighted by atomic mass is 10.2. The van der Waals surface area contributed by atoms with Gasteiger partial charge in [-0.1, -0.05) is 12.8 Å². The molecule has 0 atom stereocenters. The Kier molecular flexibility index (Phi) is 4.72. The van der Waals surface area contributed by atoms with Gasteiger partial charge in [-0.05, 0) is 25.0 Å². The number of pyridine rings is 1. The van der Waals surface area contributed by atoms with Gasteiger partial charge in [0.05, 0.1) is 6.20 Å². The quantitative estimate of drug-likeness (QED) is 0.623. The predicted molar refractivity (Wildman–Crippen MR) is 107 cm³/mol. The number of carbonyl (C=O) groups is 1. The maximum atomic E-state index is 12.7. The molecule has 3 aromatic rings. The van der Waals surface area contributed by atoms with Gasteiger partial charge in [-0.3, -0.25) is 9.59 Å². The zero-order chi connectivity index (χ0) is 19.7. The van der Waals surface area contributed by atoms with E-state index in [2.05, 4.69) is 26.0 Å². The van der Waals surface area contributed by atoms with Gasteiger partial charge in [-0.15, -0.1) is 0 Å². The molecule has 0 radical (unpaired) electrons. The minimum absolute atomic E-state index is 0.164. The van der Waals surface area contributed by atoms with Gasteiger partial charge in [-0.25, -0.2) is 4.98 Å². The molecule has 9 heteroatoms. The Morgan fingerprint density at radius 1 is 1.29 bits per heavy atom. The van der Waals surface area contributed by atoms with Crippen LogP contribution in [0.1, 0.15) is 36.0 Å². The number of carbonyl (C=O) groups excluding carboxylic acids is 1. The molecule has 1 fully saturated rings. The summed E-state index contributed by atoms with van der Waals surface area (Å²) in [6.45, 7) is 0. The summed E-state index contributed by atoms with van der Waals surface area (Å²) in [6.07, 6.45) is 7.50. The van der Waals surface area contributed by atoms with Crippen molar-refractivity contribution in [1.82, 2.24) is 24.5 Å². The lowest BCUT2D eigenvalue weighted by molar-refractivity contribution is 0.0939. The van der Waals surface area contributed by atoms with E-state index in [1.54, 1.807) is 43.0 Å². The summed E-state index contributed by atoms with van der Waals surface area (Å²) >= 11 is 0.